The largest absolute Gasteiger partial charge is 0.320 e. The Morgan fingerprint density at radius 1 is 0.944 bits per heavy atom. The molecule has 0 fully saturated rings. The summed E-state index contributed by atoms with van der Waals surface area (Å²) in [5, 5.41) is 6.67. The summed E-state index contributed by atoms with van der Waals surface area (Å²) in [4.78, 5) is 0. The van der Waals surface area contributed by atoms with Crippen LogP contribution in [0.3, 0.4) is 0 Å². The number of benzene rings is 1. The van der Waals surface area contributed by atoms with Gasteiger partial charge in [0, 0.05) is 0 Å². The second-order valence-corrected chi connectivity index (χ2v) is 5.21. The summed E-state index contributed by atoms with van der Waals surface area (Å²) in [6, 6.07) is 9.04. The van der Waals surface area contributed by atoms with E-state index in [-0.39, 0.29) is 0 Å². The summed E-state index contributed by atoms with van der Waals surface area (Å²) in [7, 11) is 2.01. The van der Waals surface area contributed by atoms with E-state index in [0.29, 0.717) is 5.92 Å². The molecule has 0 bridgehead atoms. The normalized spacial score (nSPS) is 11.1. The molecule has 0 spiro atoms. The molecule has 1 rings (SSSR count). The molecule has 0 heterocycles. The first-order valence-corrected chi connectivity index (χ1v) is 7.18. The van der Waals surface area contributed by atoms with Gasteiger partial charge in [-0.15, -0.1) is 0 Å². The molecule has 1 aromatic carbocycles. The Morgan fingerprint density at radius 2 is 1.61 bits per heavy atom. The van der Waals surface area contributed by atoms with Gasteiger partial charge < -0.3 is 10.6 Å². The first kappa shape index (κ1) is 15.2. The van der Waals surface area contributed by atoms with Crippen LogP contribution in [0.15, 0.2) is 24.3 Å². The van der Waals surface area contributed by atoms with Crippen LogP contribution in [0.25, 0.3) is 0 Å². The number of nitrogens with one attached hydrogen (secondary N) is 2. The monoisotopic (exact) mass is 248 g/mol. The minimum Gasteiger partial charge on any atom is -0.320 e. The van der Waals surface area contributed by atoms with Gasteiger partial charge >= 0.3 is 0 Å². The minimum atomic E-state index is 0.629. The van der Waals surface area contributed by atoms with Crippen LogP contribution in [-0.4, -0.2) is 26.7 Å². The molecular formula is C16H28N2. The number of hydrogen-bond donors (Lipinski definition) is 2. The molecule has 2 heteroatoms. The lowest BCUT2D eigenvalue weighted by molar-refractivity contribution is 0.606. The molecule has 18 heavy (non-hydrogen) atoms. The van der Waals surface area contributed by atoms with Crippen LogP contribution in [0.5, 0.6) is 0 Å². The maximum absolute atomic E-state index is 3.50. The van der Waals surface area contributed by atoms with Crippen LogP contribution in [0, 0.1) is 0 Å². The Labute approximate surface area is 112 Å². The van der Waals surface area contributed by atoms with E-state index in [0.717, 1.165) is 26.1 Å². The van der Waals surface area contributed by atoms with E-state index in [4.69, 9.17) is 0 Å². The zero-order valence-corrected chi connectivity index (χ0v) is 12.1. The summed E-state index contributed by atoms with van der Waals surface area (Å²) in [6.45, 7) is 7.81. The maximum Gasteiger partial charge on any atom is -0.000835 e. The van der Waals surface area contributed by atoms with E-state index in [2.05, 4.69) is 48.7 Å². The molecule has 0 radical (unpaired) electrons. The van der Waals surface area contributed by atoms with Crippen molar-refractivity contribution in [1.82, 2.24) is 10.6 Å². The SMILES string of the molecule is CNCCCCNCCc1ccc(C(C)C)cc1. The highest BCUT2D eigenvalue weighted by Crippen LogP contribution is 2.14. The van der Waals surface area contributed by atoms with Crippen molar-refractivity contribution in [2.45, 2.75) is 39.0 Å². The molecular weight excluding hydrogens is 220 g/mol. The van der Waals surface area contributed by atoms with Crippen LogP contribution >= 0.6 is 0 Å². The summed E-state index contributed by atoms with van der Waals surface area (Å²) >= 11 is 0. The van der Waals surface area contributed by atoms with Gasteiger partial charge in [0.25, 0.3) is 0 Å². The number of unbranched alkanes of at least 4 members (excludes halogenated alkanes) is 1. The molecule has 0 unspecified atom stereocenters. The number of rotatable bonds is 9. The molecule has 0 saturated heterocycles. The summed E-state index contributed by atoms with van der Waals surface area (Å²) < 4.78 is 0. The molecule has 2 nitrogen and oxygen atoms in total. The van der Waals surface area contributed by atoms with Crippen LogP contribution in [0.1, 0.15) is 43.7 Å². The van der Waals surface area contributed by atoms with Gasteiger partial charge in [-0.05, 0) is 63.0 Å². The Bertz CT molecular complexity index is 303. The smallest absolute Gasteiger partial charge is 0.000835 e. The van der Waals surface area contributed by atoms with Crippen molar-refractivity contribution >= 4 is 0 Å². The third-order valence-electron chi connectivity index (χ3n) is 3.27. The van der Waals surface area contributed by atoms with Gasteiger partial charge in [-0.1, -0.05) is 38.1 Å². The summed E-state index contributed by atoms with van der Waals surface area (Å²) in [5.74, 6) is 0.629. The lowest BCUT2D eigenvalue weighted by Crippen LogP contribution is -2.19. The highest BCUT2D eigenvalue weighted by molar-refractivity contribution is 5.24. The van der Waals surface area contributed by atoms with Crippen molar-refractivity contribution in [2.75, 3.05) is 26.7 Å². The van der Waals surface area contributed by atoms with Gasteiger partial charge in [0.2, 0.25) is 0 Å². The molecule has 0 saturated carbocycles. The van der Waals surface area contributed by atoms with E-state index in [9.17, 15) is 0 Å². The van der Waals surface area contributed by atoms with Crippen LogP contribution in [0.2, 0.25) is 0 Å². The fraction of sp³-hybridized carbons (Fsp3) is 0.625. The van der Waals surface area contributed by atoms with Gasteiger partial charge in [0.1, 0.15) is 0 Å². The lowest BCUT2D eigenvalue weighted by Gasteiger charge is -2.08. The zero-order chi connectivity index (χ0) is 13.2. The quantitative estimate of drug-likeness (QED) is 0.657. The standard InChI is InChI=1S/C16H28N2/c1-14(2)16-8-6-15(7-9-16)10-13-18-12-5-4-11-17-3/h6-9,14,17-18H,4-5,10-13H2,1-3H3. The van der Waals surface area contributed by atoms with Crippen molar-refractivity contribution in [3.05, 3.63) is 35.4 Å². The molecule has 0 aliphatic carbocycles. The van der Waals surface area contributed by atoms with Gasteiger partial charge in [0.05, 0.1) is 0 Å². The average Bonchev–Trinajstić information content (AvgIpc) is 2.38. The van der Waals surface area contributed by atoms with Crippen molar-refractivity contribution in [2.24, 2.45) is 0 Å². The molecule has 2 N–H and O–H groups in total. The lowest BCUT2D eigenvalue weighted by atomic mass is 10.0. The first-order valence-electron chi connectivity index (χ1n) is 7.18. The Balaban J connectivity index is 2.12. The Hall–Kier alpha value is -0.860. The summed E-state index contributed by atoms with van der Waals surface area (Å²) in [6.07, 6.45) is 3.64. The van der Waals surface area contributed by atoms with Crippen molar-refractivity contribution in [1.29, 1.82) is 0 Å². The van der Waals surface area contributed by atoms with Crippen molar-refractivity contribution in [3.8, 4) is 0 Å². The van der Waals surface area contributed by atoms with Gasteiger partial charge in [-0.3, -0.25) is 0 Å². The third kappa shape index (κ3) is 6.18. The maximum atomic E-state index is 3.50. The van der Waals surface area contributed by atoms with Crippen LogP contribution < -0.4 is 10.6 Å². The molecule has 0 amide bonds. The van der Waals surface area contributed by atoms with E-state index < -0.39 is 0 Å². The van der Waals surface area contributed by atoms with Crippen LogP contribution in [-0.2, 0) is 6.42 Å². The molecule has 102 valence electrons. The predicted octanol–water partition coefficient (Wildman–Crippen LogP) is 2.94. The Morgan fingerprint density at radius 3 is 2.22 bits per heavy atom. The molecule has 0 aliphatic heterocycles. The first-order chi connectivity index (χ1) is 8.74. The fourth-order valence-corrected chi connectivity index (χ4v) is 1.98. The third-order valence-corrected chi connectivity index (χ3v) is 3.27. The van der Waals surface area contributed by atoms with E-state index >= 15 is 0 Å². The Kier molecular flexibility index (Phi) is 7.70. The second kappa shape index (κ2) is 9.12. The van der Waals surface area contributed by atoms with Crippen molar-refractivity contribution in [3.63, 3.8) is 0 Å². The number of hydrogen-bond acceptors (Lipinski definition) is 2. The van der Waals surface area contributed by atoms with Crippen LogP contribution in [0.4, 0.5) is 0 Å². The fourth-order valence-electron chi connectivity index (χ4n) is 1.98. The van der Waals surface area contributed by atoms with Gasteiger partial charge in [-0.25, -0.2) is 0 Å². The van der Waals surface area contributed by atoms with Gasteiger partial charge in [-0.2, -0.15) is 0 Å². The predicted molar refractivity (Wildman–Crippen MR) is 80.3 cm³/mol. The zero-order valence-electron chi connectivity index (χ0n) is 12.1. The van der Waals surface area contributed by atoms with E-state index in [1.54, 1.807) is 0 Å². The minimum absolute atomic E-state index is 0.629. The highest BCUT2D eigenvalue weighted by Gasteiger charge is 1.98. The molecule has 1 aromatic rings. The van der Waals surface area contributed by atoms with E-state index in [1.807, 2.05) is 7.05 Å². The average molecular weight is 248 g/mol. The summed E-state index contributed by atoms with van der Waals surface area (Å²) in [5.41, 5.74) is 2.86. The van der Waals surface area contributed by atoms with Gasteiger partial charge in [0.15, 0.2) is 0 Å². The second-order valence-electron chi connectivity index (χ2n) is 5.21. The molecule has 0 aromatic heterocycles. The molecule has 0 aliphatic rings. The highest BCUT2D eigenvalue weighted by atomic mass is 14.8. The van der Waals surface area contributed by atoms with Crippen molar-refractivity contribution < 1.29 is 0 Å². The van der Waals surface area contributed by atoms with E-state index in [1.165, 1.54) is 24.0 Å². The topological polar surface area (TPSA) is 24.1 Å². The molecule has 0 atom stereocenters.